The van der Waals surface area contributed by atoms with Gasteiger partial charge in [-0.3, -0.25) is 14.5 Å². The first-order chi connectivity index (χ1) is 12.6. The van der Waals surface area contributed by atoms with Gasteiger partial charge < -0.3 is 14.6 Å². The summed E-state index contributed by atoms with van der Waals surface area (Å²) >= 11 is 0.891. The Balaban J connectivity index is 1.63. The highest BCUT2D eigenvalue weighted by Crippen LogP contribution is 2.32. The second-order valence-corrected chi connectivity index (χ2v) is 6.42. The zero-order chi connectivity index (χ0) is 18.5. The van der Waals surface area contributed by atoms with E-state index in [4.69, 9.17) is 9.47 Å². The van der Waals surface area contributed by atoms with E-state index < -0.39 is 0 Å². The summed E-state index contributed by atoms with van der Waals surface area (Å²) in [7, 11) is 1.55. The topological polar surface area (TPSA) is 76.1 Å². The molecule has 3 rings (SSSR count). The van der Waals surface area contributed by atoms with Gasteiger partial charge in [0.05, 0.1) is 18.6 Å². The molecule has 0 bridgehead atoms. The van der Waals surface area contributed by atoms with Crippen LogP contribution in [0.1, 0.15) is 5.56 Å². The summed E-state index contributed by atoms with van der Waals surface area (Å²) in [5, 5.41) is 8.97. The van der Waals surface area contributed by atoms with Gasteiger partial charge in [0.2, 0.25) is 0 Å². The molecule has 0 aliphatic carbocycles. The largest absolute Gasteiger partial charge is 0.508 e. The molecule has 1 heterocycles. The molecule has 2 aromatic carbocycles. The van der Waals surface area contributed by atoms with Crippen molar-refractivity contribution in [2.45, 2.75) is 0 Å². The smallest absolute Gasteiger partial charge is 0.293 e. The molecule has 2 aromatic rings. The minimum atomic E-state index is -0.350. The highest BCUT2D eigenvalue weighted by Gasteiger charge is 2.34. The number of aromatic hydroxyl groups is 1. The number of phenols is 1. The normalized spacial score (nSPS) is 15.6. The van der Waals surface area contributed by atoms with Gasteiger partial charge in [0.1, 0.15) is 12.4 Å². The van der Waals surface area contributed by atoms with Crippen molar-refractivity contribution < 1.29 is 24.2 Å². The number of thioether (sulfide) groups is 1. The van der Waals surface area contributed by atoms with Crippen molar-refractivity contribution in [2.24, 2.45) is 0 Å². The number of hydrogen-bond acceptors (Lipinski definition) is 6. The van der Waals surface area contributed by atoms with E-state index in [0.29, 0.717) is 16.4 Å². The zero-order valence-electron chi connectivity index (χ0n) is 14.0. The van der Waals surface area contributed by atoms with E-state index in [1.807, 2.05) is 12.1 Å². The fraction of sp³-hybridized carbons (Fsp3) is 0.158. The van der Waals surface area contributed by atoms with Crippen molar-refractivity contribution in [2.75, 3.05) is 20.3 Å². The Kier molecular flexibility index (Phi) is 5.48. The van der Waals surface area contributed by atoms with Crippen LogP contribution in [0.3, 0.4) is 0 Å². The van der Waals surface area contributed by atoms with Crippen LogP contribution < -0.4 is 9.47 Å². The molecular weight excluding hydrogens is 354 g/mol. The number of rotatable bonds is 6. The van der Waals surface area contributed by atoms with Gasteiger partial charge in [-0.1, -0.05) is 24.3 Å². The highest BCUT2D eigenvalue weighted by molar-refractivity contribution is 8.18. The third kappa shape index (κ3) is 4.00. The fourth-order valence-electron chi connectivity index (χ4n) is 2.40. The predicted octanol–water partition coefficient (Wildman–Crippen LogP) is 3.52. The molecule has 6 nitrogen and oxygen atoms in total. The molecular formula is C19H17NO5S. The maximum atomic E-state index is 12.4. The third-order valence-electron chi connectivity index (χ3n) is 3.71. The van der Waals surface area contributed by atoms with Crippen LogP contribution in [0.25, 0.3) is 6.08 Å². The van der Waals surface area contributed by atoms with Gasteiger partial charge in [-0.2, -0.15) is 0 Å². The number of carbonyl (C=O) groups excluding carboxylic acids is 2. The maximum Gasteiger partial charge on any atom is 0.293 e. The van der Waals surface area contributed by atoms with Crippen molar-refractivity contribution >= 4 is 29.0 Å². The van der Waals surface area contributed by atoms with Gasteiger partial charge >= 0.3 is 0 Å². The summed E-state index contributed by atoms with van der Waals surface area (Å²) in [4.78, 5) is 26.1. The van der Waals surface area contributed by atoms with Crippen molar-refractivity contribution in [3.63, 3.8) is 0 Å². The number of benzene rings is 2. The first-order valence-electron chi connectivity index (χ1n) is 7.88. The minimum Gasteiger partial charge on any atom is -0.508 e. The predicted molar refractivity (Wildman–Crippen MR) is 99.3 cm³/mol. The van der Waals surface area contributed by atoms with E-state index in [1.54, 1.807) is 37.5 Å². The molecule has 7 heteroatoms. The van der Waals surface area contributed by atoms with Gasteiger partial charge in [0, 0.05) is 0 Å². The first-order valence-corrected chi connectivity index (χ1v) is 8.70. The van der Waals surface area contributed by atoms with Crippen molar-refractivity contribution in [1.82, 2.24) is 4.90 Å². The molecule has 1 fully saturated rings. The average molecular weight is 371 g/mol. The summed E-state index contributed by atoms with van der Waals surface area (Å²) in [5.74, 6) is 0.941. The summed E-state index contributed by atoms with van der Waals surface area (Å²) in [5.41, 5.74) is 0.735. The zero-order valence-corrected chi connectivity index (χ0v) is 14.9. The average Bonchev–Trinajstić information content (AvgIpc) is 2.91. The molecule has 0 saturated carbocycles. The minimum absolute atomic E-state index is 0.142. The van der Waals surface area contributed by atoms with Gasteiger partial charge in [-0.05, 0) is 47.7 Å². The second kappa shape index (κ2) is 7.97. The van der Waals surface area contributed by atoms with Gasteiger partial charge in [-0.15, -0.1) is 0 Å². The maximum absolute atomic E-state index is 12.4. The van der Waals surface area contributed by atoms with Crippen LogP contribution in [0.15, 0.2) is 53.4 Å². The van der Waals surface area contributed by atoms with Gasteiger partial charge in [0.25, 0.3) is 11.1 Å². The Morgan fingerprint density at radius 2 is 1.77 bits per heavy atom. The number of nitrogens with zero attached hydrogens (tertiary/aromatic N) is 1. The molecule has 1 saturated heterocycles. The number of ether oxygens (including phenoxy) is 2. The highest BCUT2D eigenvalue weighted by atomic mass is 32.2. The summed E-state index contributed by atoms with van der Waals surface area (Å²) in [6.45, 7) is 0.320. The Morgan fingerprint density at radius 1 is 1.08 bits per heavy atom. The van der Waals surface area contributed by atoms with Crippen LogP contribution in [-0.2, 0) is 4.79 Å². The van der Waals surface area contributed by atoms with Crippen LogP contribution in [-0.4, -0.2) is 41.4 Å². The van der Waals surface area contributed by atoms with Gasteiger partial charge in [-0.25, -0.2) is 0 Å². The lowest BCUT2D eigenvalue weighted by Crippen LogP contribution is -2.32. The lowest BCUT2D eigenvalue weighted by Gasteiger charge is -2.14. The number of phenolic OH excluding ortho intramolecular Hbond substituents is 1. The van der Waals surface area contributed by atoms with Crippen LogP contribution in [0.2, 0.25) is 0 Å². The number of carbonyl (C=O) groups is 2. The standard InChI is InChI=1S/C19H17NO5S/c1-24-15-4-2-3-5-16(15)25-11-10-20-18(22)17(26-19(20)23)12-13-6-8-14(21)9-7-13/h2-9,12,21H,10-11H2,1H3/b17-12-. The van der Waals surface area contributed by atoms with Crippen molar-refractivity contribution in [3.8, 4) is 17.2 Å². The Labute approximate surface area is 155 Å². The molecule has 1 N–H and O–H groups in total. The number of para-hydroxylation sites is 2. The third-order valence-corrected chi connectivity index (χ3v) is 4.61. The molecule has 0 unspecified atom stereocenters. The molecule has 134 valence electrons. The molecule has 0 spiro atoms. The van der Waals surface area contributed by atoms with E-state index in [1.165, 1.54) is 12.1 Å². The van der Waals surface area contributed by atoms with E-state index in [2.05, 4.69) is 0 Å². The van der Waals surface area contributed by atoms with E-state index >= 15 is 0 Å². The Bertz CT molecular complexity index is 847. The fourth-order valence-corrected chi connectivity index (χ4v) is 3.26. The SMILES string of the molecule is COc1ccccc1OCCN1C(=O)S/C(=C\c2ccc(O)cc2)C1=O. The van der Waals surface area contributed by atoms with E-state index in [9.17, 15) is 14.7 Å². The van der Waals surface area contributed by atoms with Crippen LogP contribution in [0.4, 0.5) is 4.79 Å². The Morgan fingerprint density at radius 3 is 2.46 bits per heavy atom. The lowest BCUT2D eigenvalue weighted by molar-refractivity contribution is -0.123. The van der Waals surface area contributed by atoms with Crippen molar-refractivity contribution in [1.29, 1.82) is 0 Å². The molecule has 0 radical (unpaired) electrons. The van der Waals surface area contributed by atoms with Crippen LogP contribution in [0, 0.1) is 0 Å². The van der Waals surface area contributed by atoms with E-state index in [-0.39, 0.29) is 30.0 Å². The number of hydrogen-bond donors (Lipinski definition) is 1. The second-order valence-electron chi connectivity index (χ2n) is 5.42. The first kappa shape index (κ1) is 17.9. The summed E-state index contributed by atoms with van der Waals surface area (Å²) < 4.78 is 10.8. The Hall–Kier alpha value is -2.93. The molecule has 0 atom stereocenters. The van der Waals surface area contributed by atoms with Crippen molar-refractivity contribution in [3.05, 3.63) is 59.0 Å². The number of imide groups is 1. The summed E-state index contributed by atoms with van der Waals surface area (Å²) in [6, 6.07) is 13.6. The lowest BCUT2D eigenvalue weighted by atomic mass is 10.2. The summed E-state index contributed by atoms with van der Waals surface area (Å²) in [6.07, 6.45) is 1.63. The molecule has 2 amide bonds. The number of amides is 2. The molecule has 26 heavy (non-hydrogen) atoms. The van der Waals surface area contributed by atoms with Gasteiger partial charge in [0.15, 0.2) is 11.5 Å². The molecule has 1 aliphatic heterocycles. The quantitative estimate of drug-likeness (QED) is 0.783. The van der Waals surface area contributed by atoms with Crippen LogP contribution in [0.5, 0.6) is 17.2 Å². The number of methoxy groups -OCH3 is 1. The molecule has 1 aliphatic rings. The monoisotopic (exact) mass is 371 g/mol. The van der Waals surface area contributed by atoms with Crippen LogP contribution >= 0.6 is 11.8 Å². The van der Waals surface area contributed by atoms with E-state index in [0.717, 1.165) is 22.2 Å². The molecule has 0 aromatic heterocycles.